The van der Waals surface area contributed by atoms with Crippen LogP contribution in [0.5, 0.6) is 5.75 Å². The Hall–Kier alpha value is -4.40. The molecular weight excluding hydrogens is 434 g/mol. The van der Waals surface area contributed by atoms with Gasteiger partial charge < -0.3 is 14.4 Å². The van der Waals surface area contributed by atoms with E-state index in [1.54, 1.807) is 39.5 Å². The van der Waals surface area contributed by atoms with E-state index in [9.17, 15) is 9.59 Å². The van der Waals surface area contributed by atoms with Crippen molar-refractivity contribution < 1.29 is 19.1 Å². The molecule has 1 fully saturated rings. The molecule has 172 valence electrons. The molecule has 5 rings (SSSR count). The molecule has 1 N–H and O–H groups in total. The first-order valence-corrected chi connectivity index (χ1v) is 10.8. The third-order valence-electron chi connectivity index (χ3n) is 5.80. The van der Waals surface area contributed by atoms with Gasteiger partial charge in [0.25, 0.3) is 5.91 Å². The van der Waals surface area contributed by atoms with Gasteiger partial charge in [-0.15, -0.1) is 0 Å². The number of carbonyl (C=O) groups is 2. The number of rotatable bonds is 5. The number of hydrogen-bond donors (Lipinski definition) is 1. The van der Waals surface area contributed by atoms with Crippen LogP contribution in [0.4, 0.5) is 10.5 Å². The van der Waals surface area contributed by atoms with E-state index in [-0.39, 0.29) is 5.91 Å². The van der Waals surface area contributed by atoms with E-state index in [0.29, 0.717) is 30.0 Å². The van der Waals surface area contributed by atoms with Gasteiger partial charge in [0.2, 0.25) is 0 Å². The molecule has 0 atom stereocenters. The molecule has 0 radical (unpaired) electrons. The molecule has 0 unspecified atom stereocenters. The molecule has 1 aliphatic heterocycles. The fourth-order valence-electron chi connectivity index (χ4n) is 4.09. The zero-order chi connectivity index (χ0) is 23.8. The molecule has 9 heteroatoms. The second-order valence-corrected chi connectivity index (χ2v) is 8.09. The van der Waals surface area contributed by atoms with Crippen LogP contribution in [0.2, 0.25) is 0 Å². The van der Waals surface area contributed by atoms with E-state index in [2.05, 4.69) is 15.2 Å². The molecule has 34 heavy (non-hydrogen) atoms. The predicted octanol–water partition coefficient (Wildman–Crippen LogP) is 3.96. The number of hydrogen-bond acceptors (Lipinski definition) is 6. The standard InChI is InChI=1S/C25H23N5O4/c1-29(2)24(31)18-12-15(8-9-20(18)30-10-11-34-25(30)32)16-13-19-22(27-28-23(19)26-14-16)17-6-4-5-7-21(17)33-3/h4-9,12-14H,10-11H2,1-3H3,(H,26,27,28). The Morgan fingerprint density at radius 2 is 1.97 bits per heavy atom. The highest BCUT2D eigenvalue weighted by Crippen LogP contribution is 2.35. The Morgan fingerprint density at radius 1 is 1.15 bits per heavy atom. The first-order chi connectivity index (χ1) is 16.5. The van der Waals surface area contributed by atoms with E-state index in [1.807, 2.05) is 36.4 Å². The number of pyridine rings is 1. The van der Waals surface area contributed by atoms with E-state index < -0.39 is 6.09 Å². The number of para-hydroxylation sites is 1. The second-order valence-electron chi connectivity index (χ2n) is 8.09. The summed E-state index contributed by atoms with van der Waals surface area (Å²) in [5, 5.41) is 8.23. The van der Waals surface area contributed by atoms with E-state index in [1.165, 1.54) is 9.80 Å². The highest BCUT2D eigenvalue weighted by atomic mass is 16.6. The smallest absolute Gasteiger partial charge is 0.414 e. The van der Waals surface area contributed by atoms with Crippen LogP contribution in [0, 0.1) is 0 Å². The molecule has 0 bridgehead atoms. The summed E-state index contributed by atoms with van der Waals surface area (Å²) in [6, 6.07) is 15.1. The fourth-order valence-corrected chi connectivity index (χ4v) is 4.09. The quantitative estimate of drug-likeness (QED) is 0.487. The van der Waals surface area contributed by atoms with Crippen molar-refractivity contribution >= 4 is 28.7 Å². The lowest BCUT2D eigenvalue weighted by atomic mass is 10.00. The zero-order valence-corrected chi connectivity index (χ0v) is 19.0. The molecule has 2 aromatic carbocycles. The molecule has 9 nitrogen and oxygen atoms in total. The number of benzene rings is 2. The maximum atomic E-state index is 13.0. The predicted molar refractivity (Wildman–Crippen MR) is 128 cm³/mol. The summed E-state index contributed by atoms with van der Waals surface area (Å²) in [7, 11) is 4.99. The first kappa shape index (κ1) is 21.4. The second kappa shape index (κ2) is 8.51. The molecular formula is C25H23N5O4. The van der Waals surface area contributed by atoms with Crippen molar-refractivity contribution in [3.05, 3.63) is 60.3 Å². The summed E-state index contributed by atoms with van der Waals surface area (Å²) in [5.41, 5.74) is 4.79. The zero-order valence-electron chi connectivity index (χ0n) is 19.0. The molecule has 0 aliphatic carbocycles. The largest absolute Gasteiger partial charge is 0.496 e. The first-order valence-electron chi connectivity index (χ1n) is 10.8. The van der Waals surface area contributed by atoms with Gasteiger partial charge in [0.05, 0.1) is 30.6 Å². The lowest BCUT2D eigenvalue weighted by molar-refractivity contribution is 0.0828. The minimum Gasteiger partial charge on any atom is -0.496 e. The maximum Gasteiger partial charge on any atom is 0.414 e. The van der Waals surface area contributed by atoms with Crippen LogP contribution in [0.15, 0.2) is 54.7 Å². The Morgan fingerprint density at radius 3 is 2.71 bits per heavy atom. The van der Waals surface area contributed by atoms with Crippen LogP contribution in [-0.2, 0) is 4.74 Å². The van der Waals surface area contributed by atoms with Gasteiger partial charge in [0.15, 0.2) is 5.65 Å². The SMILES string of the molecule is COc1ccccc1-c1[nH]nc2ncc(-c3ccc(N4CCOC4=O)c(C(=O)N(C)C)c3)cc12. The minimum absolute atomic E-state index is 0.205. The number of aromatic nitrogens is 3. The molecule has 0 saturated carbocycles. The van der Waals surface area contributed by atoms with Crippen LogP contribution < -0.4 is 9.64 Å². The van der Waals surface area contributed by atoms with Crippen LogP contribution in [0.25, 0.3) is 33.4 Å². The lowest BCUT2D eigenvalue weighted by Gasteiger charge is -2.20. The van der Waals surface area contributed by atoms with Crippen molar-refractivity contribution in [2.24, 2.45) is 0 Å². The number of anilines is 1. The summed E-state index contributed by atoms with van der Waals surface area (Å²) in [6.07, 6.45) is 1.27. The van der Waals surface area contributed by atoms with Crippen LogP contribution in [-0.4, -0.2) is 66.4 Å². The molecule has 4 aromatic rings. The number of fused-ring (bicyclic) bond motifs is 1. The summed E-state index contributed by atoms with van der Waals surface area (Å²) in [6.45, 7) is 0.694. The average Bonchev–Trinajstić information content (AvgIpc) is 3.48. The topological polar surface area (TPSA) is 101 Å². The number of cyclic esters (lactones) is 1. The van der Waals surface area contributed by atoms with E-state index in [4.69, 9.17) is 9.47 Å². The molecule has 0 spiro atoms. The normalized spacial score (nSPS) is 13.3. The molecule has 2 aromatic heterocycles. The molecule has 1 saturated heterocycles. The summed E-state index contributed by atoms with van der Waals surface area (Å²) in [4.78, 5) is 32.6. The van der Waals surface area contributed by atoms with Gasteiger partial charge in [-0.1, -0.05) is 18.2 Å². The van der Waals surface area contributed by atoms with E-state index in [0.717, 1.165) is 33.5 Å². The van der Waals surface area contributed by atoms with Crippen molar-refractivity contribution in [3.8, 4) is 28.1 Å². The summed E-state index contributed by atoms with van der Waals surface area (Å²) < 4.78 is 10.6. The maximum absolute atomic E-state index is 13.0. The molecule has 3 heterocycles. The van der Waals surface area contributed by atoms with Gasteiger partial charge in [-0.05, 0) is 35.9 Å². The van der Waals surface area contributed by atoms with Gasteiger partial charge >= 0.3 is 6.09 Å². The van der Waals surface area contributed by atoms with Gasteiger partial charge in [-0.25, -0.2) is 9.78 Å². The van der Waals surface area contributed by atoms with Crippen LogP contribution >= 0.6 is 0 Å². The average molecular weight is 457 g/mol. The van der Waals surface area contributed by atoms with Crippen molar-refractivity contribution in [2.45, 2.75) is 0 Å². The monoisotopic (exact) mass is 457 g/mol. The number of nitrogens with one attached hydrogen (secondary N) is 1. The number of nitrogens with zero attached hydrogens (tertiary/aromatic N) is 4. The van der Waals surface area contributed by atoms with Gasteiger partial charge in [0, 0.05) is 36.8 Å². The van der Waals surface area contributed by atoms with Gasteiger partial charge in [-0.2, -0.15) is 5.10 Å². The van der Waals surface area contributed by atoms with Crippen molar-refractivity contribution in [1.29, 1.82) is 0 Å². The summed E-state index contributed by atoms with van der Waals surface area (Å²) >= 11 is 0. The minimum atomic E-state index is -0.455. The van der Waals surface area contributed by atoms with Gasteiger partial charge in [-0.3, -0.25) is 14.8 Å². The highest BCUT2D eigenvalue weighted by molar-refractivity contribution is 6.05. The number of amides is 2. The highest BCUT2D eigenvalue weighted by Gasteiger charge is 2.28. The molecule has 2 amide bonds. The number of ether oxygens (including phenoxy) is 2. The van der Waals surface area contributed by atoms with Crippen molar-refractivity contribution in [1.82, 2.24) is 20.1 Å². The third-order valence-corrected chi connectivity index (χ3v) is 5.80. The number of H-pyrrole nitrogens is 1. The van der Waals surface area contributed by atoms with Crippen LogP contribution in [0.3, 0.4) is 0 Å². The van der Waals surface area contributed by atoms with Crippen molar-refractivity contribution in [3.63, 3.8) is 0 Å². The third kappa shape index (κ3) is 3.61. The Balaban J connectivity index is 1.63. The Labute approximate surface area is 195 Å². The molecule has 1 aliphatic rings. The number of aromatic amines is 1. The Kier molecular flexibility index (Phi) is 5.37. The Bertz CT molecular complexity index is 1410. The fraction of sp³-hybridized carbons (Fsp3) is 0.200. The van der Waals surface area contributed by atoms with E-state index >= 15 is 0 Å². The number of carbonyl (C=O) groups excluding carboxylic acids is 2. The summed E-state index contributed by atoms with van der Waals surface area (Å²) in [5.74, 6) is 0.516. The van der Waals surface area contributed by atoms with Crippen LogP contribution in [0.1, 0.15) is 10.4 Å². The van der Waals surface area contributed by atoms with Crippen molar-refractivity contribution in [2.75, 3.05) is 39.3 Å². The number of methoxy groups -OCH3 is 1. The lowest BCUT2D eigenvalue weighted by Crippen LogP contribution is -2.29. The van der Waals surface area contributed by atoms with Gasteiger partial charge in [0.1, 0.15) is 12.4 Å².